The Kier molecular flexibility index (Phi) is 26.1. The molecule has 5 N–H and O–H groups in total. The average molecular weight is 1720 g/mol. The van der Waals surface area contributed by atoms with E-state index in [0.29, 0.717) is 59.0 Å². The Hall–Kier alpha value is -13.0. The van der Waals surface area contributed by atoms with Gasteiger partial charge in [-0.25, -0.2) is 24.2 Å². The van der Waals surface area contributed by atoms with Crippen molar-refractivity contribution in [3.63, 3.8) is 0 Å². The maximum atomic E-state index is 10.0. The van der Waals surface area contributed by atoms with Crippen LogP contribution in [0.2, 0.25) is 0 Å². The molecule has 660 valence electrons. The lowest BCUT2D eigenvalue weighted by Crippen LogP contribution is -2.30. The van der Waals surface area contributed by atoms with Crippen molar-refractivity contribution in [2.45, 2.75) is 254 Å². The van der Waals surface area contributed by atoms with Crippen LogP contribution in [0.1, 0.15) is 204 Å². The van der Waals surface area contributed by atoms with Gasteiger partial charge in [0, 0.05) is 159 Å². The van der Waals surface area contributed by atoms with E-state index in [1.54, 1.807) is 0 Å². The van der Waals surface area contributed by atoms with E-state index in [-0.39, 0.29) is 24.4 Å². The first kappa shape index (κ1) is 90.4. The Bertz CT molecular complexity index is 6810. The summed E-state index contributed by atoms with van der Waals surface area (Å²) in [5.41, 5.74) is 38.9. The predicted molar refractivity (Wildman–Crippen MR) is 532 cm³/mol. The number of aliphatic hydroxyl groups is 4. The summed E-state index contributed by atoms with van der Waals surface area (Å²) in [6, 6.07) is 42.7. The third kappa shape index (κ3) is 17.4. The van der Waals surface area contributed by atoms with Crippen molar-refractivity contribution in [2.24, 2.45) is 0 Å². The number of fused-ring (bicyclic) bond motifs is 5. The number of hydrogen-bond acceptors (Lipinski definition) is 7. The third-order valence-corrected chi connectivity index (χ3v) is 29.6. The second kappa shape index (κ2) is 37.6. The molecule has 4 atom stereocenters. The van der Waals surface area contributed by atoms with Crippen molar-refractivity contribution in [1.29, 1.82) is 0 Å². The average Bonchev–Trinajstić information content (AvgIpc) is 1.61. The zero-order valence-electron chi connectivity index (χ0n) is 78.0. The van der Waals surface area contributed by atoms with E-state index in [0.717, 1.165) is 169 Å². The molecule has 0 amide bonds. The van der Waals surface area contributed by atoms with Gasteiger partial charge in [0.05, 0.1) is 57.3 Å². The maximum Gasteiger partial charge on any atom is 0.190 e. The van der Waals surface area contributed by atoms with E-state index in [1.165, 1.54) is 120 Å². The number of aryl methyl sites for hydroxylation is 10. The summed E-state index contributed by atoms with van der Waals surface area (Å²) >= 11 is 0. The van der Waals surface area contributed by atoms with Crippen LogP contribution >= 0.6 is 0 Å². The van der Waals surface area contributed by atoms with E-state index < -0.39 is 0 Å². The van der Waals surface area contributed by atoms with E-state index in [4.69, 9.17) is 32.9 Å². The number of nitrogens with zero attached hydrogens (tertiary/aromatic N) is 12. The highest BCUT2D eigenvalue weighted by Crippen LogP contribution is 2.49. The number of nitrogens with one attached hydrogen (secondary N) is 1. The highest BCUT2D eigenvalue weighted by Gasteiger charge is 2.35. The van der Waals surface area contributed by atoms with Crippen LogP contribution in [0, 0.1) is 137 Å². The molecule has 0 radical (unpaired) electrons. The van der Waals surface area contributed by atoms with Crippen LogP contribution in [0.3, 0.4) is 0 Å². The molecule has 7 heterocycles. The van der Waals surface area contributed by atoms with Gasteiger partial charge in [-0.1, -0.05) is 54.6 Å². The van der Waals surface area contributed by atoms with Crippen LogP contribution in [0.5, 0.6) is 0 Å². The standard InChI is InChI=1S/C25H29N3.C23H24N2O.C22H23N3O.C22H22N2O.C21H21N3O/c1-16-7-6-8-21(18(16)3)23-15-28(20-11-9-19(26-4)10-12-20)25-13-17(2)24(27-5)14-22(23)25;1-14-6-5-7-19(16(14)3)21-13-25(17-8-9-18(26)11-17)23-10-15(2)22(24-4)12-20(21)23;1-13-7-22-18(9-21(13)23-4)20(19-11-24-10-14(2)15(19)3)12-25(22)16-5-6-17(26)8-16;1-13-6-5-7-18(15(13)3)20-12-24(16-9-17(25)10-16)22-8-14(2)21(23-4)11-19(20)22;1-12-5-21-17(8-20(12)22-4)19(11-24(21)15-6-16(25)7-15)18-10-23-9-13(2)14(18)3/h6-8,13-15,19-20,26H,9-12H2,1-4H3;5-7,10,12-13,17-18,26H,8-9,11H2,1-3H3;7,9-12,16-17,26H,5-6,8H2,1-3H3;5-8,11-12,16-17,25H,9-10H2,1-3H3;5,8-11,15-16,25H,6-7H2,1-3H3. The fourth-order valence-electron chi connectivity index (χ4n) is 20.7. The molecule has 20 rings (SSSR count). The lowest BCUT2D eigenvalue weighted by Gasteiger charge is -2.33. The Morgan fingerprint density at radius 2 is 0.515 bits per heavy atom. The molecule has 5 aliphatic carbocycles. The number of pyridine rings is 2. The molecule has 0 bridgehead atoms. The van der Waals surface area contributed by atoms with Gasteiger partial charge < -0.3 is 48.6 Å². The van der Waals surface area contributed by atoms with Gasteiger partial charge in [-0.15, -0.1) is 0 Å². The zero-order chi connectivity index (χ0) is 92.1. The van der Waals surface area contributed by atoms with Crippen molar-refractivity contribution in [1.82, 2.24) is 38.1 Å². The van der Waals surface area contributed by atoms with E-state index in [2.05, 4.69) is 268 Å². The molecule has 5 aliphatic rings. The largest absolute Gasteiger partial charge is 0.393 e. The van der Waals surface area contributed by atoms with Crippen molar-refractivity contribution in [2.75, 3.05) is 7.05 Å². The van der Waals surface area contributed by atoms with Gasteiger partial charge in [0.2, 0.25) is 0 Å². The van der Waals surface area contributed by atoms with Crippen LogP contribution in [0.25, 0.3) is 134 Å². The molecule has 0 aliphatic heterocycles. The number of aliphatic hydroxyl groups excluding tert-OH is 4. The second-order valence-electron chi connectivity index (χ2n) is 37.7. The topological polar surface area (TPSA) is 165 Å². The van der Waals surface area contributed by atoms with E-state index >= 15 is 0 Å². The monoisotopic (exact) mass is 1720 g/mol. The molecule has 5 saturated carbocycles. The lowest BCUT2D eigenvalue weighted by molar-refractivity contribution is 0.0500. The zero-order valence-corrected chi connectivity index (χ0v) is 78.0. The SMILES string of the molecule is [C-]#[N+]c1cc2c(-c3cccc(C)c3C)cn(C3CC(O)C3)c2cc1C.[C-]#[N+]c1cc2c(-c3cccc(C)c3C)cn(C3CCC(NC)CC3)c2cc1C.[C-]#[N+]c1cc2c(-c3cccc(C)c3C)cn(C3CCC(O)C3)c2cc1C.[C-]#[N+]c1cc2c(-c3cncc(C)c3C)cn(C3CC(O)C3)c2cc1C.[C-]#[N+]c1cc2c(-c3cncc(C)c3C)cn(C3CCC(O)C3)c2cc1C. The predicted octanol–water partition coefficient (Wildman–Crippen LogP) is 28.0. The van der Waals surface area contributed by atoms with Crippen LogP contribution in [0.15, 0.2) is 171 Å². The molecule has 4 unspecified atom stereocenters. The highest BCUT2D eigenvalue weighted by molar-refractivity contribution is 6.04. The van der Waals surface area contributed by atoms with Gasteiger partial charge >= 0.3 is 0 Å². The molecule has 17 heteroatoms. The molecule has 130 heavy (non-hydrogen) atoms. The summed E-state index contributed by atoms with van der Waals surface area (Å²) in [5.74, 6) is 0. The van der Waals surface area contributed by atoms with Crippen molar-refractivity contribution in [3.8, 4) is 55.6 Å². The molecule has 0 saturated heterocycles. The Balaban J connectivity index is 0.000000119. The van der Waals surface area contributed by atoms with Crippen molar-refractivity contribution >= 4 is 83.0 Å². The lowest BCUT2D eigenvalue weighted by atomic mass is 9.89. The van der Waals surface area contributed by atoms with Crippen molar-refractivity contribution < 1.29 is 20.4 Å². The molecule has 15 aromatic rings. The number of hydrogen-bond donors (Lipinski definition) is 5. The first-order valence-electron chi connectivity index (χ1n) is 46.1. The molecule has 8 aromatic carbocycles. The fourth-order valence-corrected chi connectivity index (χ4v) is 20.7. The van der Waals surface area contributed by atoms with Gasteiger partial charge in [-0.3, -0.25) is 9.97 Å². The first-order chi connectivity index (χ1) is 62.5. The van der Waals surface area contributed by atoms with Gasteiger partial charge in [0.15, 0.2) is 28.4 Å². The normalized spacial score (nSPS) is 19.7. The minimum Gasteiger partial charge on any atom is -0.393 e. The van der Waals surface area contributed by atoms with Gasteiger partial charge in [0.1, 0.15) is 0 Å². The van der Waals surface area contributed by atoms with Crippen LogP contribution in [0.4, 0.5) is 28.4 Å². The molecule has 17 nitrogen and oxygen atoms in total. The Morgan fingerprint density at radius 3 is 0.769 bits per heavy atom. The summed E-state index contributed by atoms with van der Waals surface area (Å²) in [7, 11) is 2.07. The van der Waals surface area contributed by atoms with Crippen LogP contribution in [-0.4, -0.2) is 90.7 Å². The van der Waals surface area contributed by atoms with Gasteiger partial charge in [0.25, 0.3) is 0 Å². The fraction of sp³-hybridized carbons (Fsp3) is 0.354. The highest BCUT2D eigenvalue weighted by atomic mass is 16.3. The smallest absolute Gasteiger partial charge is 0.190 e. The summed E-state index contributed by atoms with van der Waals surface area (Å²) in [6.45, 7) is 68.9. The molecule has 0 spiro atoms. The quantitative estimate of drug-likeness (QED) is 0.0804. The number of aromatic nitrogens is 7. The Morgan fingerprint density at radius 1 is 0.269 bits per heavy atom. The number of rotatable bonds is 11. The molecule has 7 aromatic heterocycles. The molecular weight excluding hydrogens is 1600 g/mol. The minimum atomic E-state index is -0.216. The maximum absolute atomic E-state index is 10.0. The van der Waals surface area contributed by atoms with Crippen LogP contribution < -0.4 is 5.32 Å². The summed E-state index contributed by atoms with van der Waals surface area (Å²) < 4.78 is 11.7. The van der Waals surface area contributed by atoms with Crippen LogP contribution in [-0.2, 0) is 0 Å². The van der Waals surface area contributed by atoms with Gasteiger partial charge in [-0.2, -0.15) is 0 Å². The summed E-state index contributed by atoms with van der Waals surface area (Å²) in [5, 5.41) is 48.6. The Labute approximate surface area is 765 Å². The van der Waals surface area contributed by atoms with Gasteiger partial charge in [-0.05, 0) is 389 Å². The molecule has 5 fully saturated rings. The molecular formula is C113H119N13O4. The van der Waals surface area contributed by atoms with Crippen molar-refractivity contribution in [3.05, 3.63) is 312 Å². The second-order valence-corrected chi connectivity index (χ2v) is 37.7. The third-order valence-electron chi connectivity index (χ3n) is 29.6. The summed E-state index contributed by atoms with van der Waals surface area (Å²) in [4.78, 5) is 27.3. The van der Waals surface area contributed by atoms with E-state index in [9.17, 15) is 20.4 Å². The summed E-state index contributed by atoms with van der Waals surface area (Å²) in [6.07, 6.45) is 31.3. The number of benzene rings is 8. The first-order valence-corrected chi connectivity index (χ1v) is 46.1. The van der Waals surface area contributed by atoms with E-state index in [1.807, 2.05) is 76.7 Å². The minimum absolute atomic E-state index is 0.185.